The first-order valence-electron chi connectivity index (χ1n) is 5.06. The lowest BCUT2D eigenvalue weighted by Crippen LogP contribution is -2.23. The molecule has 1 aromatic carbocycles. The largest absolute Gasteiger partial charge is 0.503 e. The summed E-state index contributed by atoms with van der Waals surface area (Å²) in [6.45, 7) is 3.90. The number of aromatic hydroxyl groups is 1. The molecule has 4 nitrogen and oxygen atoms in total. The molecule has 0 fully saturated rings. The van der Waals surface area contributed by atoms with Gasteiger partial charge in [0.15, 0.2) is 11.5 Å². The molecule has 6 heteroatoms. The predicted octanol–water partition coefficient (Wildman–Crippen LogP) is 2.36. The zero-order valence-corrected chi connectivity index (χ0v) is 12.1. The molecule has 2 atom stereocenters. The quantitative estimate of drug-likeness (QED) is 0.794. The zero-order valence-electron chi connectivity index (χ0n) is 9.68. The van der Waals surface area contributed by atoms with Crippen LogP contribution in [0.3, 0.4) is 0 Å². The third kappa shape index (κ3) is 4.03. The molecular formula is C11H17BrClNO3. The van der Waals surface area contributed by atoms with Gasteiger partial charge in [0.25, 0.3) is 0 Å². The smallest absolute Gasteiger partial charge is 0.172 e. The molecule has 1 rings (SSSR count). The number of aliphatic hydroxyl groups excluding tert-OH is 1. The molecule has 0 aliphatic rings. The number of benzene rings is 1. The lowest BCUT2D eigenvalue weighted by atomic mass is 10.0. The Bertz CT molecular complexity index is 374. The highest BCUT2D eigenvalue weighted by molar-refractivity contribution is 9.10. The molecule has 0 aliphatic heterocycles. The second-order valence-electron chi connectivity index (χ2n) is 3.55. The lowest BCUT2D eigenvalue weighted by molar-refractivity contribution is 0.164. The number of nitrogens with two attached hydrogens (primary N) is 1. The van der Waals surface area contributed by atoms with Crippen LogP contribution in [-0.2, 0) is 0 Å². The van der Waals surface area contributed by atoms with Gasteiger partial charge < -0.3 is 20.7 Å². The predicted molar refractivity (Wildman–Crippen MR) is 72.8 cm³/mol. The van der Waals surface area contributed by atoms with E-state index in [-0.39, 0.29) is 18.2 Å². The average molecular weight is 327 g/mol. The minimum Gasteiger partial charge on any atom is -0.503 e. The summed E-state index contributed by atoms with van der Waals surface area (Å²) in [7, 11) is 0. The normalized spacial score (nSPS) is 13.7. The van der Waals surface area contributed by atoms with E-state index in [0.29, 0.717) is 22.4 Å². The molecule has 98 valence electrons. The van der Waals surface area contributed by atoms with Crippen molar-refractivity contribution in [1.29, 1.82) is 0 Å². The number of hydrogen-bond acceptors (Lipinski definition) is 4. The molecule has 0 aromatic heterocycles. The Kier molecular flexibility index (Phi) is 6.85. The van der Waals surface area contributed by atoms with Crippen LogP contribution in [0.5, 0.6) is 11.5 Å². The van der Waals surface area contributed by atoms with Crippen molar-refractivity contribution in [2.75, 3.05) is 6.61 Å². The average Bonchev–Trinajstić information content (AvgIpc) is 2.23. The maximum Gasteiger partial charge on any atom is 0.172 e. The Hall–Kier alpha value is -0.490. The summed E-state index contributed by atoms with van der Waals surface area (Å²) in [6, 6.07) is 2.81. The molecule has 4 N–H and O–H groups in total. The Morgan fingerprint density at radius 2 is 2.06 bits per heavy atom. The zero-order chi connectivity index (χ0) is 12.3. The van der Waals surface area contributed by atoms with Crippen LogP contribution < -0.4 is 10.5 Å². The molecule has 0 amide bonds. The summed E-state index contributed by atoms with van der Waals surface area (Å²) >= 11 is 3.22. The van der Waals surface area contributed by atoms with E-state index in [4.69, 9.17) is 10.5 Å². The fourth-order valence-corrected chi connectivity index (χ4v) is 1.79. The van der Waals surface area contributed by atoms with Gasteiger partial charge in [0.05, 0.1) is 23.2 Å². The van der Waals surface area contributed by atoms with Gasteiger partial charge in [-0.1, -0.05) is 0 Å². The van der Waals surface area contributed by atoms with Crippen molar-refractivity contribution in [3.8, 4) is 11.5 Å². The second kappa shape index (κ2) is 7.06. The van der Waals surface area contributed by atoms with Crippen LogP contribution in [0, 0.1) is 0 Å². The van der Waals surface area contributed by atoms with E-state index in [0.717, 1.165) is 0 Å². The van der Waals surface area contributed by atoms with Gasteiger partial charge >= 0.3 is 0 Å². The van der Waals surface area contributed by atoms with Crippen LogP contribution in [0.4, 0.5) is 0 Å². The first kappa shape index (κ1) is 16.5. The summed E-state index contributed by atoms with van der Waals surface area (Å²) < 4.78 is 5.78. The van der Waals surface area contributed by atoms with Crippen molar-refractivity contribution < 1.29 is 14.9 Å². The van der Waals surface area contributed by atoms with Gasteiger partial charge in [0.1, 0.15) is 0 Å². The molecule has 0 saturated carbocycles. The van der Waals surface area contributed by atoms with Gasteiger partial charge in [-0.15, -0.1) is 12.4 Å². The SMILES string of the molecule is CCOc1cc([C@@H](N)[C@H](C)O)cc(Br)c1O.Cl. The van der Waals surface area contributed by atoms with Gasteiger partial charge in [-0.25, -0.2) is 0 Å². The van der Waals surface area contributed by atoms with E-state index >= 15 is 0 Å². The first-order valence-corrected chi connectivity index (χ1v) is 5.85. The number of ether oxygens (including phenoxy) is 1. The van der Waals surface area contributed by atoms with E-state index < -0.39 is 12.1 Å². The molecule has 17 heavy (non-hydrogen) atoms. The Labute approximate surface area is 115 Å². The monoisotopic (exact) mass is 325 g/mol. The van der Waals surface area contributed by atoms with Crippen molar-refractivity contribution in [1.82, 2.24) is 0 Å². The molecule has 0 aliphatic carbocycles. The van der Waals surface area contributed by atoms with Gasteiger partial charge in [0.2, 0.25) is 0 Å². The van der Waals surface area contributed by atoms with Crippen LogP contribution in [0.15, 0.2) is 16.6 Å². The molecule has 0 heterocycles. The summed E-state index contributed by atoms with van der Waals surface area (Å²) in [5.74, 6) is 0.409. The summed E-state index contributed by atoms with van der Waals surface area (Å²) in [5, 5.41) is 19.1. The minimum absolute atomic E-state index is 0. The fraction of sp³-hybridized carbons (Fsp3) is 0.455. The molecule has 0 radical (unpaired) electrons. The minimum atomic E-state index is -0.661. The summed E-state index contributed by atoms with van der Waals surface area (Å²) in [5.41, 5.74) is 6.52. The number of phenolic OH excluding ortho intramolecular Hbond substituents is 1. The number of hydrogen-bond donors (Lipinski definition) is 3. The summed E-state index contributed by atoms with van der Waals surface area (Å²) in [4.78, 5) is 0. The summed E-state index contributed by atoms with van der Waals surface area (Å²) in [6.07, 6.45) is -0.661. The number of halogens is 2. The second-order valence-corrected chi connectivity index (χ2v) is 4.40. The van der Waals surface area contributed by atoms with Crippen molar-refractivity contribution >= 4 is 28.3 Å². The van der Waals surface area contributed by atoms with Crippen LogP contribution in [0.2, 0.25) is 0 Å². The molecule has 1 aromatic rings. The number of phenols is 1. The lowest BCUT2D eigenvalue weighted by Gasteiger charge is -2.17. The van der Waals surface area contributed by atoms with Gasteiger partial charge in [-0.3, -0.25) is 0 Å². The van der Waals surface area contributed by atoms with Gasteiger partial charge in [0, 0.05) is 0 Å². The van der Waals surface area contributed by atoms with Crippen molar-refractivity contribution in [3.05, 3.63) is 22.2 Å². The Morgan fingerprint density at radius 1 is 1.47 bits per heavy atom. The van der Waals surface area contributed by atoms with Crippen LogP contribution >= 0.6 is 28.3 Å². The van der Waals surface area contributed by atoms with E-state index in [2.05, 4.69) is 15.9 Å². The number of aliphatic hydroxyl groups is 1. The van der Waals surface area contributed by atoms with Crippen LogP contribution in [0.1, 0.15) is 25.5 Å². The Balaban J connectivity index is 0.00000256. The van der Waals surface area contributed by atoms with E-state index in [9.17, 15) is 10.2 Å². The van der Waals surface area contributed by atoms with E-state index in [1.54, 1.807) is 19.1 Å². The van der Waals surface area contributed by atoms with Gasteiger partial charge in [-0.2, -0.15) is 0 Å². The molecule has 0 bridgehead atoms. The van der Waals surface area contributed by atoms with Gasteiger partial charge in [-0.05, 0) is 47.5 Å². The number of rotatable bonds is 4. The van der Waals surface area contributed by atoms with E-state index in [1.165, 1.54) is 0 Å². The third-order valence-electron chi connectivity index (χ3n) is 2.26. The highest BCUT2D eigenvalue weighted by Gasteiger charge is 2.16. The molecule has 0 unspecified atom stereocenters. The standard InChI is InChI=1S/C11H16BrNO3.ClH/c1-3-16-9-5-7(10(13)6(2)14)4-8(12)11(9)15;/h4-6,10,14-15H,3,13H2,1-2H3;1H/t6-,10-;/m0./s1. The van der Waals surface area contributed by atoms with Crippen molar-refractivity contribution in [2.24, 2.45) is 5.73 Å². The van der Waals surface area contributed by atoms with Crippen molar-refractivity contribution in [3.63, 3.8) is 0 Å². The topological polar surface area (TPSA) is 75.7 Å². The maximum atomic E-state index is 9.70. The highest BCUT2D eigenvalue weighted by atomic mass is 79.9. The molecular weight excluding hydrogens is 309 g/mol. The molecule has 0 saturated heterocycles. The van der Waals surface area contributed by atoms with Crippen molar-refractivity contribution in [2.45, 2.75) is 26.0 Å². The maximum absolute atomic E-state index is 9.70. The first-order chi connectivity index (χ1) is 7.47. The third-order valence-corrected chi connectivity index (χ3v) is 2.86. The highest BCUT2D eigenvalue weighted by Crippen LogP contribution is 2.37. The fourth-order valence-electron chi connectivity index (χ4n) is 1.33. The molecule has 0 spiro atoms. The van der Waals surface area contributed by atoms with Crippen LogP contribution in [-0.4, -0.2) is 22.9 Å². The van der Waals surface area contributed by atoms with E-state index in [1.807, 2.05) is 6.92 Å². The van der Waals surface area contributed by atoms with Crippen LogP contribution in [0.25, 0.3) is 0 Å². The Morgan fingerprint density at radius 3 is 2.53 bits per heavy atom.